The molecular formula is C17H27BrN2O3S. The van der Waals surface area contributed by atoms with Crippen molar-refractivity contribution in [3.63, 3.8) is 0 Å². The van der Waals surface area contributed by atoms with Gasteiger partial charge >= 0.3 is 0 Å². The number of hydrogen-bond donors (Lipinski definition) is 1. The first kappa shape index (κ1) is 21.0. The number of rotatable bonds is 10. The Kier molecular flexibility index (Phi) is 8.76. The minimum Gasteiger partial charge on any atom is -0.354 e. The second-order valence-corrected chi connectivity index (χ2v) is 8.79. The van der Waals surface area contributed by atoms with Gasteiger partial charge < -0.3 is 5.32 Å². The minimum atomic E-state index is -3.54. The number of carbonyl (C=O) groups is 1. The highest BCUT2D eigenvalue weighted by Crippen LogP contribution is 2.22. The lowest BCUT2D eigenvalue weighted by Gasteiger charge is -2.23. The van der Waals surface area contributed by atoms with E-state index in [1.807, 2.05) is 6.07 Å². The molecule has 1 rings (SSSR count). The molecule has 5 nitrogen and oxygen atoms in total. The van der Waals surface area contributed by atoms with Crippen LogP contribution in [0.3, 0.4) is 0 Å². The van der Waals surface area contributed by atoms with E-state index in [4.69, 9.17) is 0 Å². The lowest BCUT2D eigenvalue weighted by Crippen LogP contribution is -2.41. The molecule has 0 aliphatic rings. The first-order valence-corrected chi connectivity index (χ1v) is 10.9. The van der Waals surface area contributed by atoms with Gasteiger partial charge in [-0.05, 0) is 30.5 Å². The Hall–Kier alpha value is -1.08. The van der Waals surface area contributed by atoms with Gasteiger partial charge in [0.2, 0.25) is 15.9 Å². The summed E-state index contributed by atoms with van der Waals surface area (Å²) in [7, 11) is -3.54. The van der Waals surface area contributed by atoms with Crippen molar-refractivity contribution in [2.75, 3.05) is 23.7 Å². The van der Waals surface area contributed by atoms with Crippen LogP contribution < -0.4 is 9.62 Å². The Bertz CT molecular complexity index is 634. The fourth-order valence-corrected chi connectivity index (χ4v) is 3.65. The molecule has 0 heterocycles. The number of anilines is 1. The molecule has 0 aromatic heterocycles. The number of nitrogens with zero attached hydrogens (tertiary/aromatic N) is 1. The van der Waals surface area contributed by atoms with Crippen molar-refractivity contribution < 1.29 is 13.2 Å². The molecule has 0 radical (unpaired) electrons. The minimum absolute atomic E-state index is 0.209. The van der Waals surface area contributed by atoms with E-state index in [0.29, 0.717) is 18.2 Å². The Morgan fingerprint density at radius 1 is 1.33 bits per heavy atom. The second kappa shape index (κ2) is 10.0. The maximum Gasteiger partial charge on any atom is 0.240 e. The maximum absolute atomic E-state index is 12.2. The Balaban J connectivity index is 2.72. The Morgan fingerprint density at radius 3 is 2.58 bits per heavy atom. The Labute approximate surface area is 154 Å². The van der Waals surface area contributed by atoms with Gasteiger partial charge in [-0.25, -0.2) is 8.42 Å². The van der Waals surface area contributed by atoms with Crippen molar-refractivity contribution in [3.05, 3.63) is 28.7 Å². The fourth-order valence-electron chi connectivity index (χ4n) is 2.42. The first-order valence-electron chi connectivity index (χ1n) is 8.27. The summed E-state index contributed by atoms with van der Waals surface area (Å²) in [5, 5.41) is 2.87. The molecule has 0 saturated heterocycles. The van der Waals surface area contributed by atoms with Crippen molar-refractivity contribution >= 4 is 37.5 Å². The van der Waals surface area contributed by atoms with Gasteiger partial charge in [0.25, 0.3) is 0 Å². The molecular weight excluding hydrogens is 392 g/mol. The standard InChI is InChI=1S/C17H27BrN2O3S/c1-4-6-8-14(5-2)12-19-17(21)13-20(24(3,22)23)16-10-7-9-15(18)11-16/h7,9-11,14H,4-6,8,12-13H2,1-3H3,(H,19,21)/t14-/m1/s1. The molecule has 1 aromatic carbocycles. The molecule has 0 spiro atoms. The zero-order valence-electron chi connectivity index (χ0n) is 14.6. The van der Waals surface area contributed by atoms with Gasteiger partial charge in [0.05, 0.1) is 11.9 Å². The van der Waals surface area contributed by atoms with Crippen LogP contribution in [-0.4, -0.2) is 33.7 Å². The highest BCUT2D eigenvalue weighted by molar-refractivity contribution is 9.10. The van der Waals surface area contributed by atoms with E-state index in [9.17, 15) is 13.2 Å². The number of carbonyl (C=O) groups excluding carboxylic acids is 1. The molecule has 136 valence electrons. The van der Waals surface area contributed by atoms with Crippen LogP contribution in [0.25, 0.3) is 0 Å². The summed E-state index contributed by atoms with van der Waals surface area (Å²) in [5.74, 6) is 0.154. The molecule has 7 heteroatoms. The van der Waals surface area contributed by atoms with Crippen LogP contribution in [0.5, 0.6) is 0 Å². The van der Waals surface area contributed by atoms with E-state index in [-0.39, 0.29) is 12.5 Å². The molecule has 1 N–H and O–H groups in total. The number of hydrogen-bond acceptors (Lipinski definition) is 3. The zero-order valence-corrected chi connectivity index (χ0v) is 17.0. The number of amides is 1. The van der Waals surface area contributed by atoms with Crippen molar-refractivity contribution in [3.8, 4) is 0 Å². The summed E-state index contributed by atoms with van der Waals surface area (Å²) in [6, 6.07) is 6.91. The summed E-state index contributed by atoms with van der Waals surface area (Å²) in [6.45, 7) is 4.63. The molecule has 0 aliphatic carbocycles. The summed E-state index contributed by atoms with van der Waals surface area (Å²) in [4.78, 5) is 12.2. The van der Waals surface area contributed by atoms with E-state index in [0.717, 1.165) is 40.7 Å². The van der Waals surface area contributed by atoms with E-state index in [1.54, 1.807) is 18.2 Å². The van der Waals surface area contributed by atoms with Crippen LogP contribution in [0.2, 0.25) is 0 Å². The van der Waals surface area contributed by atoms with Crippen molar-refractivity contribution in [1.29, 1.82) is 0 Å². The maximum atomic E-state index is 12.2. The summed E-state index contributed by atoms with van der Waals surface area (Å²) < 4.78 is 26.0. The zero-order chi connectivity index (χ0) is 18.2. The van der Waals surface area contributed by atoms with Gasteiger partial charge in [-0.2, -0.15) is 0 Å². The van der Waals surface area contributed by atoms with Gasteiger partial charge in [-0.15, -0.1) is 0 Å². The number of unbranched alkanes of at least 4 members (excludes halogenated alkanes) is 1. The quantitative estimate of drug-likeness (QED) is 0.631. The first-order chi connectivity index (χ1) is 11.3. The number of halogens is 1. The van der Waals surface area contributed by atoms with E-state index in [1.165, 1.54) is 0 Å². The lowest BCUT2D eigenvalue weighted by atomic mass is 9.99. The molecule has 0 bridgehead atoms. The van der Waals surface area contributed by atoms with E-state index in [2.05, 4.69) is 35.1 Å². The predicted octanol–water partition coefficient (Wildman–Crippen LogP) is 3.55. The van der Waals surface area contributed by atoms with Gasteiger partial charge in [0, 0.05) is 11.0 Å². The van der Waals surface area contributed by atoms with Crippen molar-refractivity contribution in [2.45, 2.75) is 39.5 Å². The molecule has 1 aromatic rings. The molecule has 0 saturated carbocycles. The van der Waals surface area contributed by atoms with Crippen molar-refractivity contribution in [1.82, 2.24) is 5.32 Å². The second-order valence-electron chi connectivity index (χ2n) is 5.97. The molecule has 1 atom stereocenters. The highest BCUT2D eigenvalue weighted by atomic mass is 79.9. The highest BCUT2D eigenvalue weighted by Gasteiger charge is 2.21. The number of benzene rings is 1. The normalized spacial score (nSPS) is 12.7. The summed E-state index contributed by atoms with van der Waals surface area (Å²) in [6.07, 6.45) is 5.46. The van der Waals surface area contributed by atoms with Crippen molar-refractivity contribution in [2.24, 2.45) is 5.92 Å². The predicted molar refractivity (Wildman–Crippen MR) is 103 cm³/mol. The average molecular weight is 419 g/mol. The smallest absolute Gasteiger partial charge is 0.240 e. The van der Waals surface area contributed by atoms with Crippen LogP contribution in [0.15, 0.2) is 28.7 Å². The number of nitrogens with one attached hydrogen (secondary N) is 1. The SMILES string of the molecule is CCCC[C@@H](CC)CNC(=O)CN(c1cccc(Br)c1)S(C)(=O)=O. The monoisotopic (exact) mass is 418 g/mol. The van der Waals surface area contributed by atoms with Gasteiger partial charge in [0.15, 0.2) is 0 Å². The van der Waals surface area contributed by atoms with Crippen LogP contribution in [-0.2, 0) is 14.8 Å². The lowest BCUT2D eigenvalue weighted by molar-refractivity contribution is -0.119. The third kappa shape index (κ3) is 7.21. The molecule has 0 aliphatic heterocycles. The number of sulfonamides is 1. The summed E-state index contributed by atoms with van der Waals surface area (Å²) >= 11 is 3.32. The largest absolute Gasteiger partial charge is 0.354 e. The van der Waals surface area contributed by atoms with Crippen LogP contribution in [0.4, 0.5) is 5.69 Å². The third-order valence-electron chi connectivity index (χ3n) is 3.91. The van der Waals surface area contributed by atoms with Gasteiger partial charge in [-0.3, -0.25) is 9.10 Å². The average Bonchev–Trinajstić information content (AvgIpc) is 2.51. The molecule has 0 fully saturated rings. The van der Waals surface area contributed by atoms with Crippen LogP contribution in [0, 0.1) is 5.92 Å². The molecule has 24 heavy (non-hydrogen) atoms. The van der Waals surface area contributed by atoms with Gasteiger partial charge in [-0.1, -0.05) is 55.1 Å². The van der Waals surface area contributed by atoms with Crippen LogP contribution in [0.1, 0.15) is 39.5 Å². The topological polar surface area (TPSA) is 66.5 Å². The van der Waals surface area contributed by atoms with Gasteiger partial charge in [0.1, 0.15) is 6.54 Å². The molecule has 0 unspecified atom stereocenters. The molecule has 1 amide bonds. The fraction of sp³-hybridized carbons (Fsp3) is 0.588. The van der Waals surface area contributed by atoms with E-state index >= 15 is 0 Å². The van der Waals surface area contributed by atoms with Crippen LogP contribution >= 0.6 is 15.9 Å². The Morgan fingerprint density at radius 2 is 2.04 bits per heavy atom. The third-order valence-corrected chi connectivity index (χ3v) is 5.55. The van der Waals surface area contributed by atoms with E-state index < -0.39 is 10.0 Å². The summed E-state index contributed by atoms with van der Waals surface area (Å²) in [5.41, 5.74) is 0.472.